The minimum atomic E-state index is -0.763. The number of halogens is 1. The molecule has 0 aliphatic rings. The Bertz CT molecular complexity index is 576. The molecule has 0 bridgehead atoms. The van der Waals surface area contributed by atoms with Gasteiger partial charge in [-0.1, -0.05) is 11.6 Å². The van der Waals surface area contributed by atoms with Gasteiger partial charge in [-0.3, -0.25) is 15.2 Å². The zero-order valence-corrected chi connectivity index (χ0v) is 12.6. The van der Waals surface area contributed by atoms with E-state index >= 15 is 0 Å². The van der Waals surface area contributed by atoms with E-state index in [1.165, 1.54) is 14.0 Å². The number of anilines is 1. The van der Waals surface area contributed by atoms with Crippen molar-refractivity contribution in [2.45, 2.75) is 13.8 Å². The number of urea groups is 1. The molecule has 0 fully saturated rings. The van der Waals surface area contributed by atoms with E-state index in [2.05, 4.69) is 0 Å². The molecule has 8 nitrogen and oxygen atoms in total. The van der Waals surface area contributed by atoms with Gasteiger partial charge in [0.25, 0.3) is 0 Å². The first kappa shape index (κ1) is 16.7. The maximum atomic E-state index is 12.3. The van der Waals surface area contributed by atoms with E-state index in [0.717, 1.165) is 9.80 Å². The van der Waals surface area contributed by atoms with Crippen LogP contribution in [0.25, 0.3) is 0 Å². The molecule has 2 amide bonds. The van der Waals surface area contributed by atoms with Gasteiger partial charge in [0.2, 0.25) is 5.75 Å². The van der Waals surface area contributed by atoms with Crippen LogP contribution in [0.3, 0.4) is 0 Å². The predicted molar refractivity (Wildman–Crippen MR) is 79.3 cm³/mol. The highest BCUT2D eigenvalue weighted by molar-refractivity contribution is 6.36. The molecule has 0 saturated heterocycles. The average Bonchev–Trinajstić information content (AvgIpc) is 2.43. The van der Waals surface area contributed by atoms with Crippen LogP contribution in [-0.4, -0.2) is 45.8 Å². The Hall–Kier alpha value is -2.35. The number of phenolic OH excluding ortho intramolecular Hbond substituents is 3. The lowest BCUT2D eigenvalue weighted by atomic mass is 10.1. The monoisotopic (exact) mass is 316 g/mol. The van der Waals surface area contributed by atoms with Crippen molar-refractivity contribution < 1.29 is 20.1 Å². The third-order valence-electron chi connectivity index (χ3n) is 3.04. The van der Waals surface area contributed by atoms with Gasteiger partial charge in [-0.2, -0.15) is 0 Å². The number of benzene rings is 1. The summed E-state index contributed by atoms with van der Waals surface area (Å²) in [5, 5.41) is 36.0. The fourth-order valence-electron chi connectivity index (χ4n) is 1.87. The van der Waals surface area contributed by atoms with E-state index in [1.54, 1.807) is 6.92 Å². The zero-order valence-electron chi connectivity index (χ0n) is 11.8. The molecule has 1 aromatic rings. The van der Waals surface area contributed by atoms with E-state index < -0.39 is 29.2 Å². The van der Waals surface area contributed by atoms with Gasteiger partial charge < -0.3 is 21.1 Å². The largest absolute Gasteiger partial charge is 0.504 e. The van der Waals surface area contributed by atoms with Crippen molar-refractivity contribution >= 4 is 29.3 Å². The fraction of sp³-hybridized carbons (Fsp3) is 0.333. The topological polar surface area (TPSA) is 134 Å². The smallest absolute Gasteiger partial charge is 0.331 e. The third kappa shape index (κ3) is 2.75. The lowest BCUT2D eigenvalue weighted by molar-refractivity contribution is 0.229. The van der Waals surface area contributed by atoms with Crippen molar-refractivity contribution in [2.75, 3.05) is 18.5 Å². The number of nitrogens with zero attached hydrogens (tertiary/aromatic N) is 2. The van der Waals surface area contributed by atoms with E-state index in [9.17, 15) is 20.1 Å². The summed E-state index contributed by atoms with van der Waals surface area (Å²) in [5.41, 5.74) is 5.43. The maximum absolute atomic E-state index is 12.3. The van der Waals surface area contributed by atoms with Crippen molar-refractivity contribution in [2.24, 2.45) is 5.73 Å². The van der Waals surface area contributed by atoms with Crippen molar-refractivity contribution in [1.82, 2.24) is 4.90 Å². The highest BCUT2D eigenvalue weighted by Crippen LogP contribution is 2.49. The van der Waals surface area contributed by atoms with Gasteiger partial charge in [-0.05, 0) is 13.8 Å². The number of carbonyl (C=O) groups is 1. The molecular weight excluding hydrogens is 300 g/mol. The summed E-state index contributed by atoms with van der Waals surface area (Å²) in [6.07, 6.45) is 0. The Morgan fingerprint density at radius 1 is 1.29 bits per heavy atom. The molecule has 0 heterocycles. The van der Waals surface area contributed by atoms with Gasteiger partial charge in [0.1, 0.15) is 5.02 Å². The summed E-state index contributed by atoms with van der Waals surface area (Å²) in [6, 6.07) is -0.667. The molecule has 116 valence electrons. The second-order valence-corrected chi connectivity index (χ2v) is 4.68. The van der Waals surface area contributed by atoms with Gasteiger partial charge in [0.05, 0.1) is 5.69 Å². The number of guanidine groups is 1. The second kappa shape index (κ2) is 5.96. The Kier molecular flexibility index (Phi) is 4.74. The summed E-state index contributed by atoms with van der Waals surface area (Å²) >= 11 is 5.92. The summed E-state index contributed by atoms with van der Waals surface area (Å²) in [7, 11) is 1.35. The summed E-state index contributed by atoms with van der Waals surface area (Å²) in [5.74, 6) is -2.53. The highest BCUT2D eigenvalue weighted by atomic mass is 35.5. The number of nitrogens with one attached hydrogen (secondary N) is 1. The molecule has 0 aliphatic heterocycles. The van der Waals surface area contributed by atoms with E-state index in [-0.39, 0.29) is 22.8 Å². The number of nitrogens with two attached hydrogens (primary N) is 1. The molecule has 0 spiro atoms. The van der Waals surface area contributed by atoms with Crippen LogP contribution in [0.4, 0.5) is 10.5 Å². The Morgan fingerprint density at radius 2 is 1.81 bits per heavy atom. The standard InChI is InChI=1S/C12H17ClN4O4/c1-4-17(11(14)15)12(21)16(3)7-5(2)8(18)10(20)9(19)6(7)13/h18-20H,4H2,1-3H3,(H3,14,15). The van der Waals surface area contributed by atoms with Crippen LogP contribution in [0.1, 0.15) is 12.5 Å². The van der Waals surface area contributed by atoms with Crippen LogP contribution in [0.2, 0.25) is 5.02 Å². The molecule has 1 rings (SSSR count). The first-order valence-corrected chi connectivity index (χ1v) is 6.35. The quantitative estimate of drug-likeness (QED) is 0.320. The number of hydrogen-bond acceptors (Lipinski definition) is 5. The lowest BCUT2D eigenvalue weighted by Crippen LogP contribution is -2.47. The zero-order chi connectivity index (χ0) is 16.5. The number of aromatic hydroxyl groups is 3. The average molecular weight is 317 g/mol. The third-order valence-corrected chi connectivity index (χ3v) is 3.39. The Labute approximate surface area is 126 Å². The number of carbonyl (C=O) groups excluding carboxylic acids is 1. The van der Waals surface area contributed by atoms with Gasteiger partial charge in [-0.25, -0.2) is 4.79 Å². The molecule has 0 unspecified atom stereocenters. The normalized spacial score (nSPS) is 10.3. The van der Waals surface area contributed by atoms with Gasteiger partial charge in [0, 0.05) is 19.2 Å². The summed E-state index contributed by atoms with van der Waals surface area (Å²) < 4.78 is 0. The Morgan fingerprint density at radius 3 is 2.24 bits per heavy atom. The molecule has 0 radical (unpaired) electrons. The van der Waals surface area contributed by atoms with Crippen LogP contribution < -0.4 is 10.6 Å². The number of amides is 2. The van der Waals surface area contributed by atoms with E-state index in [0.29, 0.717) is 0 Å². The van der Waals surface area contributed by atoms with Gasteiger partial charge in [-0.15, -0.1) is 0 Å². The molecule has 6 N–H and O–H groups in total. The fourth-order valence-corrected chi connectivity index (χ4v) is 2.22. The molecule has 0 aromatic heterocycles. The Balaban J connectivity index is 3.41. The van der Waals surface area contributed by atoms with Crippen LogP contribution in [0.15, 0.2) is 0 Å². The van der Waals surface area contributed by atoms with Gasteiger partial charge in [0.15, 0.2) is 17.5 Å². The maximum Gasteiger partial charge on any atom is 0.331 e. The van der Waals surface area contributed by atoms with Crippen LogP contribution >= 0.6 is 11.6 Å². The molecule has 9 heteroatoms. The van der Waals surface area contributed by atoms with Gasteiger partial charge >= 0.3 is 6.03 Å². The summed E-state index contributed by atoms with van der Waals surface area (Å²) in [4.78, 5) is 14.3. The first-order valence-electron chi connectivity index (χ1n) is 5.97. The first-order chi connectivity index (χ1) is 9.64. The SMILES string of the molecule is CCN(C(=N)N)C(=O)N(C)c1c(C)c(O)c(O)c(O)c1Cl. The molecule has 0 atom stereocenters. The second-order valence-electron chi connectivity index (χ2n) is 4.30. The number of rotatable bonds is 2. The lowest BCUT2D eigenvalue weighted by Gasteiger charge is -2.28. The van der Waals surface area contributed by atoms with Crippen molar-refractivity contribution in [1.29, 1.82) is 5.41 Å². The minimum absolute atomic E-state index is 0.00849. The highest BCUT2D eigenvalue weighted by Gasteiger charge is 2.28. The van der Waals surface area contributed by atoms with Crippen LogP contribution in [-0.2, 0) is 0 Å². The molecule has 0 saturated carbocycles. The summed E-state index contributed by atoms with van der Waals surface area (Å²) in [6.45, 7) is 3.21. The van der Waals surface area contributed by atoms with E-state index in [4.69, 9.17) is 22.7 Å². The molecule has 0 aliphatic carbocycles. The predicted octanol–water partition coefficient (Wildman–Crippen LogP) is 1.54. The van der Waals surface area contributed by atoms with Crippen molar-refractivity contribution in [3.05, 3.63) is 10.6 Å². The van der Waals surface area contributed by atoms with Crippen molar-refractivity contribution in [3.63, 3.8) is 0 Å². The van der Waals surface area contributed by atoms with Crippen LogP contribution in [0.5, 0.6) is 17.2 Å². The minimum Gasteiger partial charge on any atom is -0.504 e. The van der Waals surface area contributed by atoms with Crippen molar-refractivity contribution in [3.8, 4) is 17.2 Å². The van der Waals surface area contributed by atoms with Crippen LogP contribution in [0, 0.1) is 12.3 Å². The molecular formula is C12H17ClN4O4. The molecule has 21 heavy (non-hydrogen) atoms. The number of phenols is 3. The van der Waals surface area contributed by atoms with E-state index in [1.807, 2.05) is 0 Å². The molecule has 1 aromatic carbocycles. The number of hydrogen-bond donors (Lipinski definition) is 5.